The Kier molecular flexibility index (Phi) is 3.50. The molecule has 1 heterocycles. The maximum Gasteiger partial charge on any atom is 0.219 e. The molecule has 1 aliphatic carbocycles. The fraction of sp³-hybridized carbons (Fsp3) is 0.917. The number of amides is 1. The Morgan fingerprint density at radius 3 is 2.31 bits per heavy atom. The van der Waals surface area contributed by atoms with Crippen LogP contribution in [0.3, 0.4) is 0 Å². The molecule has 2 rings (SSSR count). The van der Waals surface area contributed by atoms with Gasteiger partial charge in [0.25, 0.3) is 0 Å². The first-order chi connectivity index (χ1) is 7.65. The van der Waals surface area contributed by atoms with Crippen LogP contribution in [-0.2, 0) is 9.53 Å². The lowest BCUT2D eigenvalue weighted by atomic mass is 10.1. The Hall–Kier alpha value is -0.610. The molecule has 4 heteroatoms. The molecule has 1 saturated heterocycles. The van der Waals surface area contributed by atoms with Crippen molar-refractivity contribution < 1.29 is 9.53 Å². The molecule has 0 spiro atoms. The summed E-state index contributed by atoms with van der Waals surface area (Å²) in [5.74, 6) is 0.206. The van der Waals surface area contributed by atoms with E-state index in [9.17, 15) is 4.79 Å². The van der Waals surface area contributed by atoms with Gasteiger partial charge in [-0.1, -0.05) is 0 Å². The maximum atomic E-state index is 11.2. The first-order valence-electron chi connectivity index (χ1n) is 6.12. The van der Waals surface area contributed by atoms with Crippen LogP contribution in [0, 0.1) is 5.41 Å². The summed E-state index contributed by atoms with van der Waals surface area (Å²) in [5, 5.41) is 0. The molecule has 2 fully saturated rings. The first-order valence-corrected chi connectivity index (χ1v) is 6.12. The molecule has 4 nitrogen and oxygen atoms in total. The van der Waals surface area contributed by atoms with Crippen LogP contribution in [-0.4, -0.2) is 62.1 Å². The Bertz CT molecular complexity index is 256. The molecule has 0 aromatic rings. The lowest BCUT2D eigenvalue weighted by molar-refractivity contribution is -0.130. The molecule has 0 atom stereocenters. The minimum absolute atomic E-state index is 0.206. The lowest BCUT2D eigenvalue weighted by Crippen LogP contribution is -2.49. The highest BCUT2D eigenvalue weighted by molar-refractivity contribution is 5.73. The van der Waals surface area contributed by atoms with Gasteiger partial charge in [0.15, 0.2) is 0 Å². The van der Waals surface area contributed by atoms with Gasteiger partial charge in [-0.05, 0) is 12.8 Å². The van der Waals surface area contributed by atoms with E-state index in [4.69, 9.17) is 4.74 Å². The van der Waals surface area contributed by atoms with Gasteiger partial charge >= 0.3 is 0 Å². The lowest BCUT2D eigenvalue weighted by Gasteiger charge is -2.36. The van der Waals surface area contributed by atoms with Crippen LogP contribution in [0.15, 0.2) is 0 Å². The largest absolute Gasteiger partial charge is 0.384 e. The Labute approximate surface area is 97.5 Å². The molecule has 0 radical (unpaired) electrons. The van der Waals surface area contributed by atoms with Gasteiger partial charge in [-0.25, -0.2) is 0 Å². The van der Waals surface area contributed by atoms with Crippen molar-refractivity contribution in [3.8, 4) is 0 Å². The third-order valence-corrected chi connectivity index (χ3v) is 3.78. The van der Waals surface area contributed by atoms with E-state index in [2.05, 4.69) is 4.90 Å². The van der Waals surface area contributed by atoms with Gasteiger partial charge in [0.05, 0.1) is 6.61 Å². The zero-order valence-electron chi connectivity index (χ0n) is 10.4. The van der Waals surface area contributed by atoms with Crippen molar-refractivity contribution in [3.63, 3.8) is 0 Å². The molecule has 92 valence electrons. The molecule has 2 aliphatic rings. The van der Waals surface area contributed by atoms with E-state index < -0.39 is 0 Å². The second kappa shape index (κ2) is 4.72. The Morgan fingerprint density at radius 2 is 1.88 bits per heavy atom. The molecule has 1 aliphatic heterocycles. The number of hydrogen-bond acceptors (Lipinski definition) is 3. The summed E-state index contributed by atoms with van der Waals surface area (Å²) < 4.78 is 5.28. The van der Waals surface area contributed by atoms with Gasteiger partial charge in [-0.3, -0.25) is 9.69 Å². The van der Waals surface area contributed by atoms with Crippen LogP contribution in [0.5, 0.6) is 0 Å². The van der Waals surface area contributed by atoms with Gasteiger partial charge in [0.1, 0.15) is 0 Å². The number of hydrogen-bond donors (Lipinski definition) is 0. The van der Waals surface area contributed by atoms with Crippen molar-refractivity contribution in [2.75, 3.05) is 46.4 Å². The molecular weight excluding hydrogens is 204 g/mol. The van der Waals surface area contributed by atoms with E-state index in [-0.39, 0.29) is 5.91 Å². The van der Waals surface area contributed by atoms with E-state index in [0.717, 1.165) is 39.3 Å². The fourth-order valence-corrected chi connectivity index (χ4v) is 2.53. The molecule has 0 unspecified atom stereocenters. The highest BCUT2D eigenvalue weighted by Crippen LogP contribution is 2.46. The number of methoxy groups -OCH3 is 1. The Morgan fingerprint density at radius 1 is 1.25 bits per heavy atom. The Balaban J connectivity index is 1.75. The molecule has 0 bridgehead atoms. The first kappa shape index (κ1) is 11.9. The van der Waals surface area contributed by atoms with Gasteiger partial charge in [0, 0.05) is 52.2 Å². The zero-order valence-corrected chi connectivity index (χ0v) is 10.4. The van der Waals surface area contributed by atoms with Crippen molar-refractivity contribution in [1.29, 1.82) is 0 Å². The molecule has 1 saturated carbocycles. The summed E-state index contributed by atoms with van der Waals surface area (Å²) in [6.07, 6.45) is 2.60. The second-order valence-corrected chi connectivity index (χ2v) is 5.22. The van der Waals surface area contributed by atoms with E-state index in [1.165, 1.54) is 12.8 Å². The predicted octanol–water partition coefficient (Wildman–Crippen LogP) is 0.577. The number of piperazine rings is 1. The van der Waals surface area contributed by atoms with Crippen molar-refractivity contribution in [3.05, 3.63) is 0 Å². The SMILES string of the molecule is COCC1(CN2CCN(C(C)=O)CC2)CC1. The van der Waals surface area contributed by atoms with Crippen molar-refractivity contribution >= 4 is 5.91 Å². The third-order valence-electron chi connectivity index (χ3n) is 3.78. The normalized spacial score (nSPS) is 24.5. The average Bonchev–Trinajstić information content (AvgIpc) is 2.99. The minimum Gasteiger partial charge on any atom is -0.384 e. The highest BCUT2D eigenvalue weighted by atomic mass is 16.5. The fourth-order valence-electron chi connectivity index (χ4n) is 2.53. The number of nitrogens with zero attached hydrogens (tertiary/aromatic N) is 2. The number of carbonyl (C=O) groups is 1. The molecule has 0 aromatic heterocycles. The van der Waals surface area contributed by atoms with E-state index in [0.29, 0.717) is 5.41 Å². The van der Waals surface area contributed by atoms with Crippen LogP contribution in [0.4, 0.5) is 0 Å². The molecule has 0 N–H and O–H groups in total. The summed E-state index contributed by atoms with van der Waals surface area (Å²) in [5.41, 5.74) is 0.438. The minimum atomic E-state index is 0.206. The van der Waals surface area contributed by atoms with Gasteiger partial charge in [-0.2, -0.15) is 0 Å². The summed E-state index contributed by atoms with van der Waals surface area (Å²) in [6, 6.07) is 0. The van der Waals surface area contributed by atoms with Gasteiger partial charge in [-0.15, -0.1) is 0 Å². The predicted molar refractivity (Wildman–Crippen MR) is 62.2 cm³/mol. The molecule has 1 amide bonds. The van der Waals surface area contributed by atoms with E-state index in [1.807, 2.05) is 4.90 Å². The molecule has 16 heavy (non-hydrogen) atoms. The van der Waals surface area contributed by atoms with Crippen LogP contribution < -0.4 is 0 Å². The van der Waals surface area contributed by atoms with Gasteiger partial charge < -0.3 is 9.64 Å². The van der Waals surface area contributed by atoms with Crippen molar-refractivity contribution in [1.82, 2.24) is 9.80 Å². The van der Waals surface area contributed by atoms with Crippen LogP contribution in [0.2, 0.25) is 0 Å². The topological polar surface area (TPSA) is 32.8 Å². The third kappa shape index (κ3) is 2.74. The maximum absolute atomic E-state index is 11.2. The highest BCUT2D eigenvalue weighted by Gasteiger charge is 2.44. The van der Waals surface area contributed by atoms with Crippen molar-refractivity contribution in [2.45, 2.75) is 19.8 Å². The number of ether oxygens (including phenoxy) is 1. The van der Waals surface area contributed by atoms with Crippen LogP contribution in [0.25, 0.3) is 0 Å². The molecule has 0 aromatic carbocycles. The standard InChI is InChI=1S/C12H22N2O2/c1-11(15)14-7-5-13(6-8-14)9-12(3-4-12)10-16-2/h3-10H2,1-2H3. The van der Waals surface area contributed by atoms with E-state index in [1.54, 1.807) is 14.0 Å². The summed E-state index contributed by atoms with van der Waals surface area (Å²) >= 11 is 0. The van der Waals surface area contributed by atoms with Crippen LogP contribution in [0.1, 0.15) is 19.8 Å². The number of carbonyl (C=O) groups excluding carboxylic acids is 1. The quantitative estimate of drug-likeness (QED) is 0.703. The summed E-state index contributed by atoms with van der Waals surface area (Å²) in [6.45, 7) is 7.50. The average molecular weight is 226 g/mol. The van der Waals surface area contributed by atoms with Gasteiger partial charge in [0.2, 0.25) is 5.91 Å². The monoisotopic (exact) mass is 226 g/mol. The molecular formula is C12H22N2O2. The smallest absolute Gasteiger partial charge is 0.219 e. The zero-order chi connectivity index (χ0) is 11.6. The second-order valence-electron chi connectivity index (χ2n) is 5.22. The van der Waals surface area contributed by atoms with Crippen LogP contribution >= 0.6 is 0 Å². The van der Waals surface area contributed by atoms with E-state index >= 15 is 0 Å². The van der Waals surface area contributed by atoms with Crippen molar-refractivity contribution in [2.24, 2.45) is 5.41 Å². The summed E-state index contributed by atoms with van der Waals surface area (Å²) in [4.78, 5) is 15.6. The number of rotatable bonds is 4. The summed E-state index contributed by atoms with van der Waals surface area (Å²) in [7, 11) is 1.79.